The lowest BCUT2D eigenvalue weighted by Gasteiger charge is -2.45. The summed E-state index contributed by atoms with van der Waals surface area (Å²) in [6, 6.07) is 5.91. The molecule has 132 valence electrons. The smallest absolute Gasteiger partial charge is 0.253 e. The summed E-state index contributed by atoms with van der Waals surface area (Å²) in [5.74, 6) is 0.710. The van der Waals surface area contributed by atoms with Crippen LogP contribution in [0.2, 0.25) is 0 Å². The molecule has 1 aromatic carbocycles. The Bertz CT molecular complexity index is 778. The van der Waals surface area contributed by atoms with Crippen LogP contribution in [-0.2, 0) is 6.42 Å². The van der Waals surface area contributed by atoms with Crippen LogP contribution in [0, 0.1) is 0 Å². The number of aliphatic imine (C=N–C) groups is 2. The minimum absolute atomic E-state index is 0.0720. The van der Waals surface area contributed by atoms with Gasteiger partial charge < -0.3 is 16.4 Å². The number of guanidine groups is 2. The average Bonchev–Trinajstić information content (AvgIpc) is 2.58. The van der Waals surface area contributed by atoms with E-state index in [1.54, 1.807) is 4.90 Å². The minimum Gasteiger partial charge on any atom is -0.369 e. The van der Waals surface area contributed by atoms with E-state index in [0.717, 1.165) is 55.5 Å². The van der Waals surface area contributed by atoms with E-state index < -0.39 is 5.66 Å². The lowest BCUT2D eigenvalue weighted by Crippen LogP contribution is -2.58. The minimum atomic E-state index is -0.447. The molecule has 1 aliphatic carbocycles. The third-order valence-corrected chi connectivity index (χ3v) is 5.49. The third-order valence-electron chi connectivity index (χ3n) is 5.49. The molecule has 0 bridgehead atoms. The molecule has 7 nitrogen and oxygen atoms in total. The van der Waals surface area contributed by atoms with Crippen LogP contribution >= 0.6 is 0 Å². The Hall–Kier alpha value is -2.57. The van der Waals surface area contributed by atoms with Crippen molar-refractivity contribution in [3.05, 3.63) is 29.3 Å². The lowest BCUT2D eigenvalue weighted by atomic mass is 9.87. The molecule has 1 saturated carbocycles. The van der Waals surface area contributed by atoms with Gasteiger partial charge in [0.1, 0.15) is 5.66 Å². The number of nitrogens with zero attached hydrogens (tertiary/aromatic N) is 4. The Morgan fingerprint density at radius 1 is 1.16 bits per heavy atom. The zero-order valence-electron chi connectivity index (χ0n) is 14.5. The van der Waals surface area contributed by atoms with Gasteiger partial charge in [0.25, 0.3) is 5.91 Å². The normalized spacial score (nSPS) is 22.5. The molecule has 1 spiro atoms. The first-order chi connectivity index (χ1) is 12.0. The number of fused-ring (bicyclic) bond motifs is 1. The molecular formula is C18H24N6O. The second-order valence-electron chi connectivity index (χ2n) is 7.14. The maximum absolute atomic E-state index is 12.3. The van der Waals surface area contributed by atoms with Crippen molar-refractivity contribution >= 4 is 23.5 Å². The van der Waals surface area contributed by atoms with Crippen LogP contribution in [0.15, 0.2) is 28.2 Å². The summed E-state index contributed by atoms with van der Waals surface area (Å²) in [4.78, 5) is 25.0. The van der Waals surface area contributed by atoms with Crippen molar-refractivity contribution in [1.82, 2.24) is 4.90 Å². The summed E-state index contributed by atoms with van der Waals surface area (Å²) in [6.07, 6.45) is 6.04. The van der Waals surface area contributed by atoms with Crippen molar-refractivity contribution in [1.29, 1.82) is 0 Å². The molecule has 1 fully saturated rings. The highest BCUT2D eigenvalue weighted by molar-refractivity contribution is 6.06. The number of hydrogen-bond acceptors (Lipinski definition) is 6. The number of likely N-dealkylation sites (N-methyl/N-ethyl adjacent to an activating group) is 1. The van der Waals surface area contributed by atoms with Crippen molar-refractivity contribution in [3.63, 3.8) is 0 Å². The maximum Gasteiger partial charge on any atom is 0.253 e. The number of hydrogen-bond donors (Lipinski definition) is 2. The Kier molecular flexibility index (Phi) is 3.67. The molecule has 2 aliphatic heterocycles. The molecule has 0 atom stereocenters. The fourth-order valence-electron chi connectivity index (χ4n) is 4.22. The van der Waals surface area contributed by atoms with E-state index in [9.17, 15) is 4.79 Å². The number of anilines is 1. The molecule has 0 saturated heterocycles. The van der Waals surface area contributed by atoms with Gasteiger partial charge in [-0.25, -0.2) is 4.99 Å². The first kappa shape index (κ1) is 15.9. The van der Waals surface area contributed by atoms with Gasteiger partial charge in [0.15, 0.2) is 0 Å². The van der Waals surface area contributed by atoms with E-state index in [0.29, 0.717) is 5.96 Å². The summed E-state index contributed by atoms with van der Waals surface area (Å²) in [5, 5.41) is 0. The van der Waals surface area contributed by atoms with Gasteiger partial charge in [-0.3, -0.25) is 9.69 Å². The number of rotatable bonds is 1. The number of carbonyl (C=O) groups is 1. The Balaban J connectivity index is 1.77. The Labute approximate surface area is 147 Å². The number of amides is 1. The fraction of sp³-hybridized carbons (Fsp3) is 0.500. The van der Waals surface area contributed by atoms with E-state index >= 15 is 0 Å². The summed E-state index contributed by atoms with van der Waals surface area (Å²) in [6.45, 7) is 0.731. The summed E-state index contributed by atoms with van der Waals surface area (Å²) in [7, 11) is 1.84. The number of carbonyl (C=O) groups excluding carboxylic acids is 1. The second kappa shape index (κ2) is 5.75. The first-order valence-corrected chi connectivity index (χ1v) is 8.88. The molecule has 3 aliphatic rings. The van der Waals surface area contributed by atoms with Crippen molar-refractivity contribution in [2.75, 3.05) is 18.5 Å². The standard InChI is InChI=1S/C18H24N6O/c1-23-10-7-12-11-13(5-6-14(12)15(23)25)24-17(20)21-16(19)22-18(24)8-3-2-4-9-18/h5-6,11H,2-4,7-10H2,1H3,(H4,19,20,21,22). The largest absolute Gasteiger partial charge is 0.369 e. The van der Waals surface area contributed by atoms with Crippen LogP contribution in [0.4, 0.5) is 5.69 Å². The summed E-state index contributed by atoms with van der Waals surface area (Å²) in [5.41, 5.74) is 14.5. The molecule has 4 rings (SSSR count). The van der Waals surface area contributed by atoms with E-state index in [2.05, 4.69) is 11.1 Å². The van der Waals surface area contributed by atoms with E-state index in [4.69, 9.17) is 16.5 Å². The Morgan fingerprint density at radius 3 is 2.68 bits per heavy atom. The van der Waals surface area contributed by atoms with Crippen LogP contribution in [0.25, 0.3) is 0 Å². The first-order valence-electron chi connectivity index (χ1n) is 8.88. The predicted molar refractivity (Wildman–Crippen MR) is 98.6 cm³/mol. The van der Waals surface area contributed by atoms with Gasteiger partial charge in [0.2, 0.25) is 11.9 Å². The predicted octanol–water partition coefficient (Wildman–Crippen LogP) is 1.42. The molecule has 1 amide bonds. The number of nitrogens with two attached hydrogens (primary N) is 2. The SMILES string of the molecule is CN1CCc2cc(N3C(N)=NC(N)=NC34CCCCC4)ccc2C1=O. The van der Waals surface area contributed by atoms with Crippen LogP contribution in [0.5, 0.6) is 0 Å². The second-order valence-corrected chi connectivity index (χ2v) is 7.14. The van der Waals surface area contributed by atoms with Crippen molar-refractivity contribution in [3.8, 4) is 0 Å². The van der Waals surface area contributed by atoms with E-state index in [1.807, 2.05) is 24.1 Å². The quantitative estimate of drug-likeness (QED) is 0.807. The molecule has 0 radical (unpaired) electrons. The van der Waals surface area contributed by atoms with Crippen molar-refractivity contribution in [2.45, 2.75) is 44.2 Å². The van der Waals surface area contributed by atoms with Crippen molar-refractivity contribution < 1.29 is 4.79 Å². The molecule has 2 heterocycles. The lowest BCUT2D eigenvalue weighted by molar-refractivity contribution is 0.0781. The van der Waals surface area contributed by atoms with Gasteiger partial charge in [-0.1, -0.05) is 6.42 Å². The topological polar surface area (TPSA) is 100 Å². The highest BCUT2D eigenvalue weighted by Crippen LogP contribution is 2.40. The third kappa shape index (κ3) is 2.54. The monoisotopic (exact) mass is 340 g/mol. The molecule has 4 N–H and O–H groups in total. The van der Waals surface area contributed by atoms with Gasteiger partial charge in [-0.15, -0.1) is 0 Å². The van der Waals surface area contributed by atoms with Crippen molar-refractivity contribution in [2.24, 2.45) is 21.5 Å². The van der Waals surface area contributed by atoms with Gasteiger partial charge in [0, 0.05) is 24.8 Å². The van der Waals surface area contributed by atoms with Gasteiger partial charge in [-0.2, -0.15) is 4.99 Å². The summed E-state index contributed by atoms with van der Waals surface area (Å²) < 4.78 is 0. The van der Waals surface area contributed by atoms with Gasteiger partial charge in [-0.05, 0) is 55.9 Å². The zero-order valence-corrected chi connectivity index (χ0v) is 14.5. The van der Waals surface area contributed by atoms with E-state index in [1.165, 1.54) is 6.42 Å². The van der Waals surface area contributed by atoms with E-state index in [-0.39, 0.29) is 11.9 Å². The molecule has 0 aromatic heterocycles. The molecule has 25 heavy (non-hydrogen) atoms. The van der Waals surface area contributed by atoms with Crippen LogP contribution in [-0.4, -0.2) is 42.0 Å². The average molecular weight is 340 g/mol. The maximum atomic E-state index is 12.3. The highest BCUT2D eigenvalue weighted by Gasteiger charge is 2.42. The van der Waals surface area contributed by atoms with Crippen LogP contribution in [0.1, 0.15) is 48.0 Å². The molecule has 1 aromatic rings. The number of benzene rings is 1. The fourth-order valence-corrected chi connectivity index (χ4v) is 4.22. The molecule has 0 unspecified atom stereocenters. The summed E-state index contributed by atoms with van der Waals surface area (Å²) >= 11 is 0. The van der Waals surface area contributed by atoms with Gasteiger partial charge >= 0.3 is 0 Å². The highest BCUT2D eigenvalue weighted by atomic mass is 16.2. The molecular weight excluding hydrogens is 316 g/mol. The van der Waals surface area contributed by atoms with Crippen LogP contribution in [0.3, 0.4) is 0 Å². The van der Waals surface area contributed by atoms with Crippen LogP contribution < -0.4 is 16.4 Å². The molecule has 7 heteroatoms. The zero-order chi connectivity index (χ0) is 17.6. The van der Waals surface area contributed by atoms with Gasteiger partial charge in [0.05, 0.1) is 0 Å². The Morgan fingerprint density at radius 2 is 1.92 bits per heavy atom.